The van der Waals surface area contributed by atoms with Crippen molar-refractivity contribution >= 4 is 57.3 Å². The summed E-state index contributed by atoms with van der Waals surface area (Å²) >= 11 is 13.0. The van der Waals surface area contributed by atoms with Crippen LogP contribution in [0, 0.1) is 6.92 Å². The van der Waals surface area contributed by atoms with Gasteiger partial charge in [-0.3, -0.25) is 9.59 Å². The summed E-state index contributed by atoms with van der Waals surface area (Å²) in [4.78, 5) is 37.2. The predicted octanol–water partition coefficient (Wildman–Crippen LogP) is 4.51. The van der Waals surface area contributed by atoms with E-state index in [-0.39, 0.29) is 34.0 Å². The van der Waals surface area contributed by atoms with Gasteiger partial charge in [0, 0.05) is 6.20 Å². The number of anilines is 1. The highest BCUT2D eigenvalue weighted by molar-refractivity contribution is 7.18. The van der Waals surface area contributed by atoms with Crippen molar-refractivity contribution in [1.29, 1.82) is 0 Å². The topological polar surface area (TPSA) is 126 Å². The van der Waals surface area contributed by atoms with Crippen LogP contribution in [0.5, 0.6) is 5.75 Å². The molecule has 0 aliphatic heterocycles. The molecule has 0 saturated heterocycles. The average molecular weight is 511 g/mol. The number of nitrogens with one attached hydrogen (secondary N) is 1. The summed E-state index contributed by atoms with van der Waals surface area (Å²) < 4.78 is 12.2. The van der Waals surface area contributed by atoms with Crippen molar-refractivity contribution in [3.63, 3.8) is 0 Å². The van der Waals surface area contributed by atoms with Crippen LogP contribution in [0.3, 0.4) is 0 Å². The van der Waals surface area contributed by atoms with Crippen LogP contribution in [0.2, 0.25) is 10.0 Å². The van der Waals surface area contributed by atoms with Gasteiger partial charge in [-0.2, -0.15) is 5.10 Å². The highest BCUT2D eigenvalue weighted by Gasteiger charge is 2.27. The Morgan fingerprint density at radius 2 is 1.88 bits per heavy atom. The van der Waals surface area contributed by atoms with Crippen LogP contribution in [0.4, 0.5) is 5.00 Å². The molecule has 0 atom stereocenters. The summed E-state index contributed by atoms with van der Waals surface area (Å²) in [6, 6.07) is 6.43. The Balaban J connectivity index is 1.78. The van der Waals surface area contributed by atoms with Crippen molar-refractivity contribution in [1.82, 2.24) is 9.78 Å². The zero-order chi connectivity index (χ0) is 24.3. The second-order valence-electron chi connectivity index (χ2n) is 7.10. The number of rotatable bonds is 8. The molecule has 12 heteroatoms. The fourth-order valence-electron chi connectivity index (χ4n) is 2.83. The zero-order valence-electron chi connectivity index (χ0n) is 17.8. The molecule has 0 aliphatic rings. The van der Waals surface area contributed by atoms with E-state index in [0.29, 0.717) is 21.4 Å². The molecule has 2 aromatic heterocycles. The van der Waals surface area contributed by atoms with Gasteiger partial charge >= 0.3 is 5.97 Å². The molecule has 0 fully saturated rings. The first-order valence-electron chi connectivity index (χ1n) is 9.64. The lowest BCUT2D eigenvalue weighted by Gasteiger charge is -2.10. The van der Waals surface area contributed by atoms with Crippen molar-refractivity contribution in [3.8, 4) is 5.75 Å². The van der Waals surface area contributed by atoms with Crippen LogP contribution in [0.1, 0.15) is 49.9 Å². The van der Waals surface area contributed by atoms with Crippen molar-refractivity contribution in [2.75, 3.05) is 5.32 Å². The first-order chi connectivity index (χ1) is 15.6. The third-order valence-corrected chi connectivity index (χ3v) is 6.09. The molecular weight excluding hydrogens is 491 g/mol. The molecule has 33 heavy (non-hydrogen) atoms. The Morgan fingerprint density at radius 1 is 1.21 bits per heavy atom. The summed E-state index contributed by atoms with van der Waals surface area (Å²) in [5, 5.41) is 7.60. The van der Waals surface area contributed by atoms with Gasteiger partial charge in [-0.15, -0.1) is 11.3 Å². The number of primary amides is 1. The van der Waals surface area contributed by atoms with E-state index in [2.05, 4.69) is 10.4 Å². The van der Waals surface area contributed by atoms with Gasteiger partial charge in [0.25, 0.3) is 11.8 Å². The van der Waals surface area contributed by atoms with Crippen LogP contribution in [0.25, 0.3) is 0 Å². The zero-order valence-corrected chi connectivity index (χ0v) is 20.2. The largest absolute Gasteiger partial charge is 0.468 e. The summed E-state index contributed by atoms with van der Waals surface area (Å²) in [7, 11) is 0. The Hall–Kier alpha value is -3.08. The number of amides is 2. The van der Waals surface area contributed by atoms with E-state index in [1.54, 1.807) is 39.0 Å². The number of esters is 1. The average Bonchev–Trinajstić information content (AvgIpc) is 3.32. The molecule has 0 saturated carbocycles. The van der Waals surface area contributed by atoms with Gasteiger partial charge in [0.05, 0.1) is 26.6 Å². The standard InChI is InChI=1S/C21H20Cl2N4O5S/c1-10(2)32-21(30)15-11(3)17(18(24)28)33-20(15)25-19(29)14-7-8-27(26-14)9-31-16-12(22)5-4-6-13(16)23/h4-8,10H,9H2,1-3H3,(H2,24,28)(H,25,29). The van der Waals surface area contributed by atoms with Crippen LogP contribution >= 0.6 is 34.5 Å². The predicted molar refractivity (Wildman–Crippen MR) is 125 cm³/mol. The minimum Gasteiger partial charge on any atom is -0.468 e. The molecular formula is C21H20Cl2N4O5S. The van der Waals surface area contributed by atoms with Gasteiger partial charge < -0.3 is 20.5 Å². The van der Waals surface area contributed by atoms with Gasteiger partial charge in [-0.1, -0.05) is 29.3 Å². The quantitative estimate of drug-likeness (QED) is 0.429. The lowest BCUT2D eigenvalue weighted by molar-refractivity contribution is 0.0379. The Kier molecular flexibility index (Phi) is 7.62. The number of carbonyl (C=O) groups excluding carboxylic acids is 3. The van der Waals surface area contributed by atoms with Crippen LogP contribution in [-0.2, 0) is 11.5 Å². The molecule has 9 nitrogen and oxygen atoms in total. The molecule has 0 aliphatic carbocycles. The summed E-state index contributed by atoms with van der Waals surface area (Å²) in [6.45, 7) is 4.90. The number of benzene rings is 1. The van der Waals surface area contributed by atoms with Gasteiger partial charge in [0.1, 0.15) is 5.00 Å². The molecule has 3 N–H and O–H groups in total. The van der Waals surface area contributed by atoms with E-state index in [9.17, 15) is 14.4 Å². The fraction of sp³-hybridized carbons (Fsp3) is 0.238. The monoisotopic (exact) mass is 510 g/mol. The van der Waals surface area contributed by atoms with E-state index >= 15 is 0 Å². The molecule has 3 rings (SSSR count). The maximum atomic E-state index is 12.8. The molecule has 174 valence electrons. The maximum absolute atomic E-state index is 12.8. The number of ether oxygens (including phenoxy) is 2. The highest BCUT2D eigenvalue weighted by atomic mass is 35.5. The second-order valence-corrected chi connectivity index (χ2v) is 8.93. The molecule has 2 amide bonds. The smallest absolute Gasteiger partial charge is 0.341 e. The van der Waals surface area contributed by atoms with Gasteiger partial charge in [0.2, 0.25) is 0 Å². The van der Waals surface area contributed by atoms with Gasteiger partial charge in [-0.25, -0.2) is 9.48 Å². The van der Waals surface area contributed by atoms with E-state index in [0.717, 1.165) is 11.3 Å². The van der Waals surface area contributed by atoms with Crippen molar-refractivity contribution in [2.24, 2.45) is 5.73 Å². The molecule has 2 heterocycles. The number of halogens is 2. The molecule has 1 aromatic carbocycles. The third kappa shape index (κ3) is 5.65. The van der Waals surface area contributed by atoms with Crippen molar-refractivity contribution in [3.05, 3.63) is 62.2 Å². The first kappa shape index (κ1) is 24.6. The highest BCUT2D eigenvalue weighted by Crippen LogP contribution is 2.34. The van der Waals surface area contributed by atoms with E-state index in [1.807, 2.05) is 0 Å². The SMILES string of the molecule is Cc1c(C(N)=O)sc(NC(=O)c2ccn(COc3c(Cl)cccc3Cl)n2)c1C(=O)OC(C)C. The van der Waals surface area contributed by atoms with E-state index in [4.69, 9.17) is 38.4 Å². The number of aromatic nitrogens is 2. The summed E-state index contributed by atoms with van der Waals surface area (Å²) in [5.74, 6) is -1.68. The van der Waals surface area contributed by atoms with E-state index in [1.165, 1.54) is 16.9 Å². The van der Waals surface area contributed by atoms with Crippen LogP contribution < -0.4 is 15.8 Å². The minimum absolute atomic E-state index is 0.0490. The molecule has 0 bridgehead atoms. The number of hydrogen-bond donors (Lipinski definition) is 2. The van der Waals surface area contributed by atoms with Gasteiger partial charge in [-0.05, 0) is 44.5 Å². The number of hydrogen-bond acceptors (Lipinski definition) is 7. The minimum atomic E-state index is -0.712. The molecule has 0 radical (unpaired) electrons. The molecule has 0 unspecified atom stereocenters. The number of nitrogens with zero attached hydrogens (tertiary/aromatic N) is 2. The number of nitrogens with two attached hydrogens (primary N) is 1. The van der Waals surface area contributed by atoms with Gasteiger partial charge in [0.15, 0.2) is 18.2 Å². The maximum Gasteiger partial charge on any atom is 0.341 e. The number of para-hydroxylation sites is 1. The van der Waals surface area contributed by atoms with Crippen LogP contribution in [-0.4, -0.2) is 33.7 Å². The van der Waals surface area contributed by atoms with Crippen LogP contribution in [0.15, 0.2) is 30.5 Å². The first-order valence-corrected chi connectivity index (χ1v) is 11.2. The lowest BCUT2D eigenvalue weighted by Crippen LogP contribution is -2.18. The van der Waals surface area contributed by atoms with Crippen molar-refractivity contribution in [2.45, 2.75) is 33.6 Å². The summed E-state index contributed by atoms with van der Waals surface area (Å²) in [5.41, 5.74) is 5.87. The Morgan fingerprint density at radius 3 is 2.48 bits per heavy atom. The van der Waals surface area contributed by atoms with Crippen molar-refractivity contribution < 1.29 is 23.9 Å². The lowest BCUT2D eigenvalue weighted by atomic mass is 10.1. The fourth-order valence-corrected chi connectivity index (χ4v) is 4.38. The van der Waals surface area contributed by atoms with E-state index < -0.39 is 17.8 Å². The molecule has 0 spiro atoms. The number of thiophene rings is 1. The molecule has 3 aromatic rings. The Bertz CT molecular complexity index is 1200. The Labute approximate surface area is 203 Å². The summed E-state index contributed by atoms with van der Waals surface area (Å²) in [6.07, 6.45) is 1.14. The second kappa shape index (κ2) is 10.2. The number of carbonyl (C=O) groups is 3. The normalized spacial score (nSPS) is 10.8. The third-order valence-electron chi connectivity index (χ3n) is 4.28.